The topological polar surface area (TPSA) is 32.2 Å². The van der Waals surface area contributed by atoms with Crippen molar-refractivity contribution in [2.24, 2.45) is 0 Å². The second-order valence-electron chi connectivity index (χ2n) is 27.0. The number of aromatic nitrogens is 4. The molecule has 0 saturated heterocycles. The molecule has 4 aromatic heterocycles. The van der Waals surface area contributed by atoms with Crippen LogP contribution >= 0.6 is 23.5 Å². The Balaban J connectivity index is 0.657. The highest BCUT2D eigenvalue weighted by molar-refractivity contribution is 8.01. The lowest BCUT2D eigenvalue weighted by atomic mass is 9.34. The van der Waals surface area contributed by atoms with Crippen molar-refractivity contribution in [2.45, 2.75) is 19.6 Å². The molecular formula is C90H53B2N5OS2. The van der Waals surface area contributed by atoms with Crippen molar-refractivity contribution in [1.29, 1.82) is 0 Å². The minimum atomic E-state index is -0.113. The number of hydrogen-bond acceptors (Lipinski definition) is 4. The number of hydrogen-bond donors (Lipinski definition) is 0. The van der Waals surface area contributed by atoms with Crippen molar-refractivity contribution in [1.82, 2.24) is 18.3 Å². The average molecular weight is 1310 g/mol. The fourth-order valence-electron chi connectivity index (χ4n) is 17.7. The van der Waals surface area contributed by atoms with Gasteiger partial charge in [-0.05, 0) is 160 Å². The normalized spacial score (nSPS) is 13.3. The second kappa shape index (κ2) is 20.7. The van der Waals surface area contributed by atoms with Crippen molar-refractivity contribution in [3.05, 3.63) is 322 Å². The van der Waals surface area contributed by atoms with Crippen LogP contribution in [0.3, 0.4) is 0 Å². The van der Waals surface area contributed by atoms with Crippen molar-refractivity contribution in [3.8, 4) is 45.4 Å². The summed E-state index contributed by atoms with van der Waals surface area (Å²) < 4.78 is 17.3. The number of para-hydroxylation sites is 7. The first kappa shape index (κ1) is 55.0. The molecule has 0 N–H and O–H groups in total. The summed E-state index contributed by atoms with van der Waals surface area (Å²) in [6, 6.07) is 120. The van der Waals surface area contributed by atoms with E-state index in [1.807, 2.05) is 23.5 Å². The maximum absolute atomic E-state index is 7.41. The smallest absolute Gasteiger partial charge is 0.256 e. The number of ether oxygens (including phenoxy) is 1. The summed E-state index contributed by atoms with van der Waals surface area (Å²) in [5.74, 6) is 1.72. The molecular weight excluding hydrogens is 1250 g/mol. The van der Waals surface area contributed by atoms with Crippen LogP contribution in [-0.4, -0.2) is 31.7 Å². The van der Waals surface area contributed by atoms with Crippen LogP contribution in [0.25, 0.3) is 121 Å². The summed E-state index contributed by atoms with van der Waals surface area (Å²) in [5, 5.41) is 9.79. The van der Waals surface area contributed by atoms with Crippen molar-refractivity contribution in [3.63, 3.8) is 0 Å². The molecule has 0 radical (unpaired) electrons. The van der Waals surface area contributed by atoms with Gasteiger partial charge >= 0.3 is 0 Å². The summed E-state index contributed by atoms with van der Waals surface area (Å²) in [7, 11) is 0. The first-order valence-electron chi connectivity index (χ1n) is 34.4. The molecule has 0 amide bonds. The Morgan fingerprint density at radius 1 is 0.230 bits per heavy atom. The van der Waals surface area contributed by atoms with Gasteiger partial charge in [-0.3, -0.25) is 0 Å². The lowest BCUT2D eigenvalue weighted by molar-refractivity contribution is 0.487. The van der Waals surface area contributed by atoms with Crippen molar-refractivity contribution >= 4 is 174 Å². The van der Waals surface area contributed by atoms with E-state index in [1.54, 1.807) is 0 Å². The molecule has 0 aliphatic carbocycles. The Labute approximate surface area is 584 Å². The summed E-state index contributed by atoms with van der Waals surface area (Å²) in [5.41, 5.74) is 27.2. The predicted octanol–water partition coefficient (Wildman–Crippen LogP) is 19.6. The molecule has 462 valence electrons. The van der Waals surface area contributed by atoms with Crippen LogP contribution in [0.4, 0.5) is 17.1 Å². The number of fused-ring (bicyclic) bond motifs is 20. The first-order chi connectivity index (χ1) is 49.6. The molecule has 4 aliphatic heterocycles. The minimum Gasteiger partial charge on any atom is -0.458 e. The molecule has 0 atom stereocenters. The molecule has 4 aliphatic rings. The van der Waals surface area contributed by atoms with E-state index in [0.717, 1.165) is 84.2 Å². The molecule has 0 unspecified atom stereocenters. The van der Waals surface area contributed by atoms with Crippen LogP contribution in [0, 0.1) is 0 Å². The molecule has 0 spiro atoms. The summed E-state index contributed by atoms with van der Waals surface area (Å²) in [6.07, 6.45) is 0. The second-order valence-corrected chi connectivity index (χ2v) is 29.2. The van der Waals surface area contributed by atoms with Gasteiger partial charge in [-0.2, -0.15) is 0 Å². The van der Waals surface area contributed by atoms with Gasteiger partial charge in [0, 0.05) is 103 Å². The molecule has 8 heterocycles. The van der Waals surface area contributed by atoms with Crippen LogP contribution in [0.5, 0.6) is 11.5 Å². The van der Waals surface area contributed by atoms with E-state index in [2.05, 4.69) is 345 Å². The fraction of sp³-hybridized carbons (Fsp3) is 0. The van der Waals surface area contributed by atoms with Crippen LogP contribution in [0.2, 0.25) is 0 Å². The van der Waals surface area contributed by atoms with E-state index >= 15 is 0 Å². The average Bonchev–Trinajstić information content (AvgIpc) is 1.16. The maximum atomic E-state index is 7.41. The van der Waals surface area contributed by atoms with Gasteiger partial charge < -0.3 is 27.9 Å². The minimum absolute atomic E-state index is 0.113. The van der Waals surface area contributed by atoms with Crippen molar-refractivity contribution in [2.75, 3.05) is 4.90 Å². The molecule has 0 bridgehead atoms. The van der Waals surface area contributed by atoms with Crippen LogP contribution in [0.15, 0.2) is 341 Å². The zero-order valence-electron chi connectivity index (χ0n) is 53.7. The molecule has 19 aromatic rings. The Hall–Kier alpha value is -12.1. The van der Waals surface area contributed by atoms with Gasteiger partial charge in [-0.1, -0.05) is 223 Å². The quantitative estimate of drug-likeness (QED) is 0.155. The van der Waals surface area contributed by atoms with E-state index in [4.69, 9.17) is 4.74 Å². The first-order valence-corrected chi connectivity index (χ1v) is 36.0. The third-order valence-electron chi connectivity index (χ3n) is 21.9. The third kappa shape index (κ3) is 7.69. The fourth-order valence-corrected chi connectivity index (χ4v) is 20.2. The third-order valence-corrected chi connectivity index (χ3v) is 24.2. The molecule has 0 saturated carbocycles. The Kier molecular flexibility index (Phi) is 11.4. The lowest BCUT2D eigenvalue weighted by Crippen LogP contribution is -2.59. The number of anilines is 3. The van der Waals surface area contributed by atoms with Crippen molar-refractivity contribution < 1.29 is 4.74 Å². The summed E-state index contributed by atoms with van der Waals surface area (Å²) in [6.45, 7) is 0.0904. The molecule has 15 aromatic carbocycles. The predicted molar refractivity (Wildman–Crippen MR) is 421 cm³/mol. The Morgan fingerprint density at radius 3 is 1.23 bits per heavy atom. The molecule has 6 nitrogen and oxygen atoms in total. The standard InChI is InChI=1S/C90H53B2N5OS2/c1-3-21-56(22-4-1)93-73-32-14-7-25-61(73)65-50-66-62-26-8-16-34-75(62)96(81(66)53-80(65)93)59-46-82-89-84(47-59)98-83-44-41-55(45-72(83)91(89)69-29-11-18-36-77(69)95(82)57-23-5-2-6-24-57)54-39-42-58(43-40-54)94-74-33-15-9-27-63(74)67-52-79-68(51-78(67)94)64-28-10-17-35-76(64)97(79)60-48-87-90-88(49-60)100-86-38-20-13-31-71(86)92(90)70-30-12-19-37-85(70)99-87/h1-53H. The van der Waals surface area contributed by atoms with Gasteiger partial charge in [0.25, 0.3) is 6.71 Å². The lowest BCUT2D eigenvalue weighted by Gasteiger charge is -2.40. The van der Waals surface area contributed by atoms with Gasteiger partial charge in [-0.25, -0.2) is 0 Å². The van der Waals surface area contributed by atoms with Crippen LogP contribution < -0.4 is 42.4 Å². The van der Waals surface area contributed by atoms with Gasteiger partial charge in [0.05, 0.1) is 49.8 Å². The largest absolute Gasteiger partial charge is 0.458 e. The van der Waals surface area contributed by atoms with E-state index < -0.39 is 0 Å². The van der Waals surface area contributed by atoms with Crippen LogP contribution in [-0.2, 0) is 0 Å². The van der Waals surface area contributed by atoms with E-state index in [-0.39, 0.29) is 13.4 Å². The Bertz CT molecular complexity index is 6720. The molecule has 23 rings (SSSR count). The number of nitrogens with zero attached hydrogens (tertiary/aromatic N) is 5. The van der Waals surface area contributed by atoms with Gasteiger partial charge in [0.1, 0.15) is 11.5 Å². The van der Waals surface area contributed by atoms with E-state index in [0.29, 0.717) is 0 Å². The van der Waals surface area contributed by atoms with E-state index in [1.165, 1.54) is 118 Å². The molecule has 100 heavy (non-hydrogen) atoms. The zero-order valence-corrected chi connectivity index (χ0v) is 55.3. The number of rotatable bonds is 6. The zero-order chi connectivity index (χ0) is 65.0. The maximum Gasteiger partial charge on any atom is 0.256 e. The highest BCUT2D eigenvalue weighted by atomic mass is 32.2. The summed E-state index contributed by atoms with van der Waals surface area (Å²) >= 11 is 3.84. The monoisotopic (exact) mass is 1310 g/mol. The van der Waals surface area contributed by atoms with Crippen LogP contribution in [0.1, 0.15) is 0 Å². The van der Waals surface area contributed by atoms with E-state index in [9.17, 15) is 0 Å². The number of benzene rings is 15. The van der Waals surface area contributed by atoms with Gasteiger partial charge in [-0.15, -0.1) is 0 Å². The Morgan fingerprint density at radius 2 is 0.660 bits per heavy atom. The molecule has 0 fully saturated rings. The highest BCUT2D eigenvalue weighted by Crippen LogP contribution is 2.48. The SMILES string of the molecule is c1ccc(N2c3ccccc3B3c4cc(-c5ccc(-n6c7ccccc7c7cc8c(cc76)c6ccccc6n8-c6cc7c8c(c6)Sc6ccccc6B8c6ccccc6S7)cc5)ccc4Oc4cc(-n5c6ccccc6c6cc7c8ccccc8n(-c8ccccc8)c7cc65)cc2c43)cc1. The van der Waals surface area contributed by atoms with Gasteiger partial charge in [0.15, 0.2) is 0 Å². The highest BCUT2D eigenvalue weighted by Gasteiger charge is 2.43. The molecule has 10 heteroatoms. The summed E-state index contributed by atoms with van der Waals surface area (Å²) in [4.78, 5) is 7.79. The van der Waals surface area contributed by atoms with Gasteiger partial charge in [0.2, 0.25) is 6.71 Å².